The Hall–Kier alpha value is -1.47. The Morgan fingerprint density at radius 3 is 1.70 bits per heavy atom. The summed E-state index contributed by atoms with van der Waals surface area (Å²) in [6, 6.07) is 7.51. The van der Waals surface area contributed by atoms with Gasteiger partial charge in [-0.3, -0.25) is 0 Å². The molecule has 1 aromatic carbocycles. The van der Waals surface area contributed by atoms with E-state index in [0.29, 0.717) is 11.8 Å². The van der Waals surface area contributed by atoms with Gasteiger partial charge in [-0.05, 0) is 59.8 Å². The Labute approximate surface area is 203 Å². The molecule has 0 bridgehead atoms. The summed E-state index contributed by atoms with van der Waals surface area (Å²) in [6.07, 6.45) is 7.72. The summed E-state index contributed by atoms with van der Waals surface area (Å²) in [5, 5.41) is 0. The van der Waals surface area contributed by atoms with Crippen LogP contribution in [0.25, 0.3) is 5.69 Å². The molecule has 33 heavy (non-hydrogen) atoms. The molecular weight excluding hydrogens is 428 g/mol. The molecule has 6 heteroatoms. The largest absolute Gasteiger partial charge is 0.501 e. The van der Waals surface area contributed by atoms with Crippen LogP contribution < -0.4 is 4.57 Å². The zero-order chi connectivity index (χ0) is 24.8. The summed E-state index contributed by atoms with van der Waals surface area (Å²) in [6.45, 7) is 22.3. The number of aryl methyl sites for hydroxylation is 1. The number of imidazole rings is 1. The first kappa shape index (κ1) is 27.8. The fourth-order valence-electron chi connectivity index (χ4n) is 4.28. The van der Waals surface area contributed by atoms with E-state index in [9.17, 15) is 0 Å². The van der Waals surface area contributed by atoms with Gasteiger partial charge in [0.05, 0.1) is 6.54 Å². The van der Waals surface area contributed by atoms with Crippen molar-refractivity contribution >= 4 is 8.80 Å². The smallest absolute Gasteiger partial charge is 0.371 e. The predicted octanol–water partition coefficient (Wildman–Crippen LogP) is 6.62. The first-order chi connectivity index (χ1) is 15.4. The minimum Gasteiger partial charge on any atom is -0.371 e. The van der Waals surface area contributed by atoms with E-state index in [1.807, 2.05) is 0 Å². The van der Waals surface area contributed by atoms with E-state index >= 15 is 0 Å². The lowest BCUT2D eigenvalue weighted by atomic mass is 9.92. The van der Waals surface area contributed by atoms with Gasteiger partial charge >= 0.3 is 8.80 Å². The van der Waals surface area contributed by atoms with Crippen LogP contribution >= 0.6 is 0 Å². The third-order valence-electron chi connectivity index (χ3n) is 5.44. The van der Waals surface area contributed by atoms with E-state index in [0.717, 1.165) is 19.0 Å². The third-order valence-corrected chi connectivity index (χ3v) is 8.89. The molecule has 0 radical (unpaired) electrons. The van der Waals surface area contributed by atoms with Gasteiger partial charge in [0.15, 0.2) is 0 Å². The zero-order valence-corrected chi connectivity index (χ0v) is 23.6. The SMILES string of the molecule is CC(C)O[Si](CCC[n+]1ccn(-c2c(C(C)C)cccc2C(C)C)c1)(OC(C)C)OC(C)C. The van der Waals surface area contributed by atoms with Gasteiger partial charge in [0, 0.05) is 35.5 Å². The molecule has 0 unspecified atom stereocenters. The van der Waals surface area contributed by atoms with Crippen LogP contribution in [-0.2, 0) is 19.8 Å². The molecule has 0 fully saturated rings. The van der Waals surface area contributed by atoms with Gasteiger partial charge in [-0.25, -0.2) is 9.13 Å². The second kappa shape index (κ2) is 12.3. The Bertz CT molecular complexity index is 806. The van der Waals surface area contributed by atoms with Crippen molar-refractivity contribution in [2.24, 2.45) is 0 Å². The fraction of sp³-hybridized carbons (Fsp3) is 0.667. The molecular formula is C27H47N2O3Si+. The van der Waals surface area contributed by atoms with Crippen molar-refractivity contribution in [1.29, 1.82) is 0 Å². The highest BCUT2D eigenvalue weighted by Gasteiger charge is 2.43. The lowest BCUT2D eigenvalue weighted by Crippen LogP contribution is -2.51. The summed E-state index contributed by atoms with van der Waals surface area (Å²) >= 11 is 0. The molecule has 0 aliphatic heterocycles. The van der Waals surface area contributed by atoms with E-state index in [1.165, 1.54) is 16.8 Å². The average molecular weight is 476 g/mol. The van der Waals surface area contributed by atoms with Gasteiger partial charge in [0.2, 0.25) is 6.33 Å². The Morgan fingerprint density at radius 1 is 0.788 bits per heavy atom. The number of benzene rings is 1. The highest BCUT2D eigenvalue weighted by molar-refractivity contribution is 6.60. The zero-order valence-electron chi connectivity index (χ0n) is 22.6. The molecule has 0 saturated carbocycles. The number of rotatable bonds is 13. The maximum absolute atomic E-state index is 6.34. The highest BCUT2D eigenvalue weighted by atomic mass is 28.4. The van der Waals surface area contributed by atoms with Crippen molar-refractivity contribution in [2.75, 3.05) is 0 Å². The molecule has 0 amide bonds. The van der Waals surface area contributed by atoms with Crippen LogP contribution in [0, 0.1) is 0 Å². The number of hydrogen-bond acceptors (Lipinski definition) is 3. The highest BCUT2D eigenvalue weighted by Crippen LogP contribution is 2.30. The van der Waals surface area contributed by atoms with Gasteiger partial charge < -0.3 is 13.3 Å². The van der Waals surface area contributed by atoms with Crippen molar-refractivity contribution in [1.82, 2.24) is 4.57 Å². The van der Waals surface area contributed by atoms with Crippen molar-refractivity contribution in [3.8, 4) is 5.69 Å². The van der Waals surface area contributed by atoms with Crippen molar-refractivity contribution < 1.29 is 17.8 Å². The van der Waals surface area contributed by atoms with Crippen LogP contribution in [-0.4, -0.2) is 31.7 Å². The molecule has 2 aromatic rings. The lowest BCUT2D eigenvalue weighted by molar-refractivity contribution is -0.696. The fourth-order valence-corrected chi connectivity index (χ4v) is 7.55. The van der Waals surface area contributed by atoms with E-state index in [1.54, 1.807) is 0 Å². The van der Waals surface area contributed by atoms with Crippen molar-refractivity contribution in [3.63, 3.8) is 0 Å². The summed E-state index contributed by atoms with van der Waals surface area (Å²) in [7, 11) is -2.76. The van der Waals surface area contributed by atoms with E-state index in [4.69, 9.17) is 13.3 Å². The molecule has 0 atom stereocenters. The molecule has 186 valence electrons. The van der Waals surface area contributed by atoms with Crippen LogP contribution in [0.5, 0.6) is 0 Å². The van der Waals surface area contributed by atoms with E-state index in [2.05, 4.69) is 115 Å². The summed E-state index contributed by atoms with van der Waals surface area (Å²) in [4.78, 5) is 0. The standard InChI is InChI=1S/C27H47N2O3Si/c1-20(2)25-13-11-14-26(21(3)4)27(25)29-17-16-28(19-29)15-12-18-33(30-22(5)6,31-23(7)8)32-24(9)10/h11,13-14,16-17,19-24H,12,15,18H2,1-10H3/q+1. The molecule has 0 aliphatic rings. The Balaban J connectivity index is 2.22. The average Bonchev–Trinajstić information content (AvgIpc) is 3.14. The molecule has 1 heterocycles. The van der Waals surface area contributed by atoms with Crippen LogP contribution in [0.1, 0.15) is 98.6 Å². The van der Waals surface area contributed by atoms with Crippen LogP contribution in [0.2, 0.25) is 6.04 Å². The summed E-state index contributed by atoms with van der Waals surface area (Å²) < 4.78 is 23.6. The normalized spacial score (nSPS) is 12.8. The molecule has 0 saturated heterocycles. The van der Waals surface area contributed by atoms with Gasteiger partial charge in [-0.15, -0.1) is 0 Å². The number of para-hydroxylation sites is 1. The maximum Gasteiger partial charge on any atom is 0.501 e. The second-order valence-corrected chi connectivity index (χ2v) is 13.0. The summed E-state index contributed by atoms with van der Waals surface area (Å²) in [5.41, 5.74) is 4.09. The molecule has 0 N–H and O–H groups in total. The lowest BCUT2D eigenvalue weighted by Gasteiger charge is -2.34. The van der Waals surface area contributed by atoms with Crippen molar-refractivity contribution in [2.45, 2.75) is 118 Å². The number of hydrogen-bond donors (Lipinski definition) is 0. The van der Waals surface area contributed by atoms with Crippen LogP contribution in [0.15, 0.2) is 36.9 Å². The minimum atomic E-state index is -2.76. The molecule has 0 spiro atoms. The van der Waals surface area contributed by atoms with Crippen molar-refractivity contribution in [3.05, 3.63) is 48.0 Å². The van der Waals surface area contributed by atoms with E-state index in [-0.39, 0.29) is 18.3 Å². The molecule has 0 aliphatic carbocycles. The number of aromatic nitrogens is 2. The molecule has 1 aromatic heterocycles. The third kappa shape index (κ3) is 8.06. The quantitative estimate of drug-likeness (QED) is 0.241. The Morgan fingerprint density at radius 2 is 1.27 bits per heavy atom. The topological polar surface area (TPSA) is 36.5 Å². The van der Waals surface area contributed by atoms with Gasteiger partial charge in [0.1, 0.15) is 18.1 Å². The van der Waals surface area contributed by atoms with Crippen LogP contribution in [0.3, 0.4) is 0 Å². The number of nitrogens with zero attached hydrogens (tertiary/aromatic N) is 2. The maximum atomic E-state index is 6.34. The minimum absolute atomic E-state index is 0.0740. The second-order valence-electron chi connectivity index (χ2n) is 10.4. The van der Waals surface area contributed by atoms with Gasteiger partial charge in [0.25, 0.3) is 0 Å². The summed E-state index contributed by atoms with van der Waals surface area (Å²) in [5.74, 6) is 0.937. The van der Waals surface area contributed by atoms with Gasteiger partial charge in [-0.2, -0.15) is 0 Å². The van der Waals surface area contributed by atoms with Crippen LogP contribution in [0.4, 0.5) is 0 Å². The molecule has 5 nitrogen and oxygen atoms in total. The monoisotopic (exact) mass is 475 g/mol. The van der Waals surface area contributed by atoms with E-state index < -0.39 is 8.80 Å². The van der Waals surface area contributed by atoms with Gasteiger partial charge in [-0.1, -0.05) is 45.9 Å². The first-order valence-electron chi connectivity index (χ1n) is 12.7. The predicted molar refractivity (Wildman–Crippen MR) is 138 cm³/mol. The first-order valence-corrected chi connectivity index (χ1v) is 14.6. The molecule has 2 rings (SSSR count). The Kier molecular flexibility index (Phi) is 10.3.